The Morgan fingerprint density at radius 1 is 0.567 bits per heavy atom. The monoisotopic (exact) mass is 389 g/mol. The molecule has 0 amide bonds. The van der Waals surface area contributed by atoms with Crippen molar-refractivity contribution >= 4 is 28.0 Å². The van der Waals surface area contributed by atoms with Crippen molar-refractivity contribution < 1.29 is 4.42 Å². The highest BCUT2D eigenvalue weighted by atomic mass is 16.3. The number of rotatable bonds is 4. The molecule has 30 heavy (non-hydrogen) atoms. The molecule has 1 aromatic heterocycles. The lowest BCUT2D eigenvalue weighted by molar-refractivity contribution is 0.619. The summed E-state index contributed by atoms with van der Waals surface area (Å²) in [5, 5.41) is 0.595. The van der Waals surface area contributed by atoms with Crippen molar-refractivity contribution in [2.24, 2.45) is 0 Å². The van der Waals surface area contributed by atoms with Gasteiger partial charge in [0.15, 0.2) is 5.43 Å². The lowest BCUT2D eigenvalue weighted by atomic mass is 10.1. The zero-order chi connectivity index (χ0) is 20.3. The van der Waals surface area contributed by atoms with E-state index in [2.05, 4.69) is 29.2 Å². The van der Waals surface area contributed by atoms with Gasteiger partial charge in [-0.3, -0.25) is 4.79 Å². The van der Waals surface area contributed by atoms with Crippen LogP contribution < -0.4 is 10.3 Å². The third-order valence-electron chi connectivity index (χ3n) is 5.07. The van der Waals surface area contributed by atoms with Crippen molar-refractivity contribution in [2.45, 2.75) is 0 Å². The van der Waals surface area contributed by atoms with E-state index in [1.54, 1.807) is 12.1 Å². The SMILES string of the molecule is O=c1cc(-c2ccc(N(c3ccccc3)c3ccccc3)cc2)oc2ccccc12. The summed E-state index contributed by atoms with van der Waals surface area (Å²) >= 11 is 0. The van der Waals surface area contributed by atoms with Crippen LogP contribution in [0.2, 0.25) is 0 Å². The number of hydrogen-bond acceptors (Lipinski definition) is 3. The largest absolute Gasteiger partial charge is 0.456 e. The zero-order valence-electron chi connectivity index (χ0n) is 16.2. The minimum Gasteiger partial charge on any atom is -0.456 e. The summed E-state index contributed by atoms with van der Waals surface area (Å²) < 4.78 is 5.98. The maximum absolute atomic E-state index is 12.4. The zero-order valence-corrected chi connectivity index (χ0v) is 16.2. The van der Waals surface area contributed by atoms with Crippen LogP contribution in [0.4, 0.5) is 17.1 Å². The van der Waals surface area contributed by atoms with Gasteiger partial charge in [-0.2, -0.15) is 0 Å². The van der Waals surface area contributed by atoms with E-state index in [4.69, 9.17) is 4.42 Å². The van der Waals surface area contributed by atoms with E-state index in [0.717, 1.165) is 22.6 Å². The van der Waals surface area contributed by atoms with E-state index in [0.29, 0.717) is 16.7 Å². The Balaban J connectivity index is 1.57. The van der Waals surface area contributed by atoms with Crippen LogP contribution in [0.1, 0.15) is 0 Å². The van der Waals surface area contributed by atoms with Crippen molar-refractivity contribution in [3.05, 3.63) is 125 Å². The van der Waals surface area contributed by atoms with Gasteiger partial charge < -0.3 is 9.32 Å². The smallest absolute Gasteiger partial charge is 0.193 e. The molecule has 0 aliphatic rings. The molecule has 0 fully saturated rings. The number of nitrogens with zero attached hydrogens (tertiary/aromatic N) is 1. The Hall–Kier alpha value is -4.11. The Bertz CT molecular complexity index is 1300. The molecule has 0 radical (unpaired) electrons. The van der Waals surface area contributed by atoms with Gasteiger partial charge in [-0.15, -0.1) is 0 Å². The predicted octanol–water partition coefficient (Wildman–Crippen LogP) is 6.93. The molecule has 5 aromatic rings. The van der Waals surface area contributed by atoms with Crippen molar-refractivity contribution in [1.29, 1.82) is 0 Å². The molecule has 0 bridgehead atoms. The highest BCUT2D eigenvalue weighted by Gasteiger charge is 2.13. The second kappa shape index (κ2) is 7.72. The molecular formula is C27H19NO2. The molecule has 0 spiro atoms. The number of anilines is 3. The Kier molecular flexibility index (Phi) is 4.62. The molecule has 4 aromatic carbocycles. The molecule has 3 nitrogen and oxygen atoms in total. The Morgan fingerprint density at radius 3 is 1.73 bits per heavy atom. The van der Waals surface area contributed by atoms with E-state index < -0.39 is 0 Å². The standard InChI is InChI=1S/C27H19NO2/c29-25-19-27(30-26-14-8-7-13-24(25)26)20-15-17-23(18-16-20)28(21-9-3-1-4-10-21)22-11-5-2-6-12-22/h1-19H. The molecule has 3 heteroatoms. The van der Waals surface area contributed by atoms with Crippen molar-refractivity contribution in [3.8, 4) is 11.3 Å². The van der Waals surface area contributed by atoms with Crippen LogP contribution in [0.15, 0.2) is 124 Å². The molecule has 0 aliphatic heterocycles. The van der Waals surface area contributed by atoms with Gasteiger partial charge in [0.2, 0.25) is 0 Å². The first kappa shape index (κ1) is 18.0. The van der Waals surface area contributed by atoms with Crippen molar-refractivity contribution in [3.63, 3.8) is 0 Å². The fourth-order valence-electron chi connectivity index (χ4n) is 3.62. The van der Waals surface area contributed by atoms with E-state index in [9.17, 15) is 4.79 Å². The summed E-state index contributed by atoms with van der Waals surface area (Å²) in [5.74, 6) is 0.566. The average molecular weight is 389 g/mol. The van der Waals surface area contributed by atoms with Crippen molar-refractivity contribution in [2.75, 3.05) is 4.90 Å². The van der Waals surface area contributed by atoms with E-state index in [1.807, 2.05) is 78.9 Å². The quantitative estimate of drug-likeness (QED) is 0.334. The molecule has 0 atom stereocenters. The number of hydrogen-bond donors (Lipinski definition) is 0. The summed E-state index contributed by atoms with van der Waals surface area (Å²) in [6, 6.07) is 37.4. The van der Waals surface area contributed by atoms with E-state index in [-0.39, 0.29) is 5.43 Å². The van der Waals surface area contributed by atoms with Crippen LogP contribution in [0, 0.1) is 0 Å². The first-order chi connectivity index (χ1) is 14.8. The van der Waals surface area contributed by atoms with Crippen LogP contribution in [0.5, 0.6) is 0 Å². The van der Waals surface area contributed by atoms with Gasteiger partial charge >= 0.3 is 0 Å². The summed E-state index contributed by atoms with van der Waals surface area (Å²) in [7, 11) is 0. The van der Waals surface area contributed by atoms with Gasteiger partial charge in [-0.25, -0.2) is 0 Å². The highest BCUT2D eigenvalue weighted by Crippen LogP contribution is 2.35. The molecule has 0 saturated carbocycles. The normalized spacial score (nSPS) is 10.8. The summed E-state index contributed by atoms with van der Waals surface area (Å²) in [6.45, 7) is 0. The molecule has 0 saturated heterocycles. The van der Waals surface area contributed by atoms with E-state index >= 15 is 0 Å². The van der Waals surface area contributed by atoms with E-state index in [1.165, 1.54) is 0 Å². The first-order valence-corrected chi connectivity index (χ1v) is 9.83. The second-order valence-electron chi connectivity index (χ2n) is 7.02. The summed E-state index contributed by atoms with van der Waals surface area (Å²) in [4.78, 5) is 14.6. The Morgan fingerprint density at radius 2 is 1.10 bits per heavy atom. The molecule has 0 unspecified atom stereocenters. The third kappa shape index (κ3) is 3.38. The van der Waals surface area contributed by atoms with Gasteiger partial charge in [-0.05, 0) is 60.7 Å². The molecule has 0 aliphatic carbocycles. The third-order valence-corrected chi connectivity index (χ3v) is 5.07. The highest BCUT2D eigenvalue weighted by molar-refractivity contribution is 5.80. The predicted molar refractivity (Wildman–Crippen MR) is 123 cm³/mol. The molecule has 144 valence electrons. The average Bonchev–Trinajstić information content (AvgIpc) is 2.81. The molecule has 0 N–H and O–H groups in total. The van der Waals surface area contributed by atoms with Gasteiger partial charge in [0, 0.05) is 28.7 Å². The number of fused-ring (bicyclic) bond motifs is 1. The first-order valence-electron chi connectivity index (χ1n) is 9.83. The van der Waals surface area contributed by atoms with Crippen LogP contribution in [-0.2, 0) is 0 Å². The topological polar surface area (TPSA) is 33.5 Å². The summed E-state index contributed by atoms with van der Waals surface area (Å²) in [6.07, 6.45) is 0. The summed E-state index contributed by atoms with van der Waals surface area (Å²) in [5.41, 5.74) is 4.61. The minimum atomic E-state index is -0.0360. The van der Waals surface area contributed by atoms with Crippen LogP contribution >= 0.6 is 0 Å². The van der Waals surface area contributed by atoms with Crippen LogP contribution in [-0.4, -0.2) is 0 Å². The second-order valence-corrected chi connectivity index (χ2v) is 7.02. The van der Waals surface area contributed by atoms with Gasteiger partial charge in [0.25, 0.3) is 0 Å². The maximum Gasteiger partial charge on any atom is 0.193 e. The molecule has 1 heterocycles. The Labute approximate surface area is 174 Å². The minimum absolute atomic E-state index is 0.0360. The van der Waals surface area contributed by atoms with Gasteiger partial charge in [-0.1, -0.05) is 48.5 Å². The number of para-hydroxylation sites is 3. The van der Waals surface area contributed by atoms with Crippen LogP contribution in [0.3, 0.4) is 0 Å². The van der Waals surface area contributed by atoms with Crippen molar-refractivity contribution in [1.82, 2.24) is 0 Å². The lowest BCUT2D eigenvalue weighted by Crippen LogP contribution is -2.09. The fourth-order valence-corrected chi connectivity index (χ4v) is 3.62. The molecule has 5 rings (SSSR count). The van der Waals surface area contributed by atoms with Crippen LogP contribution in [0.25, 0.3) is 22.3 Å². The lowest BCUT2D eigenvalue weighted by Gasteiger charge is -2.25. The fraction of sp³-hybridized carbons (Fsp3) is 0. The number of benzene rings is 4. The maximum atomic E-state index is 12.4. The van der Waals surface area contributed by atoms with Gasteiger partial charge in [0.05, 0.1) is 5.39 Å². The molecular weight excluding hydrogens is 370 g/mol. The van der Waals surface area contributed by atoms with Gasteiger partial charge in [0.1, 0.15) is 11.3 Å².